The van der Waals surface area contributed by atoms with Gasteiger partial charge in [-0.05, 0) is 31.1 Å². The van der Waals surface area contributed by atoms with E-state index < -0.39 is 42.0 Å². The third-order valence-electron chi connectivity index (χ3n) is 7.82. The highest BCUT2D eigenvalue weighted by atomic mass is 32.2. The molecule has 4 rings (SSSR count). The summed E-state index contributed by atoms with van der Waals surface area (Å²) in [6.45, 7) is 8.74. The van der Waals surface area contributed by atoms with E-state index in [-0.39, 0.29) is 47.3 Å². The molecule has 0 radical (unpaired) electrons. The van der Waals surface area contributed by atoms with Crippen molar-refractivity contribution < 1.29 is 33.4 Å². The molecule has 0 aromatic heterocycles. The molecule has 43 heavy (non-hydrogen) atoms. The van der Waals surface area contributed by atoms with Crippen molar-refractivity contribution >= 4 is 46.4 Å². The number of hydrogen-bond acceptors (Lipinski definition) is 9. The lowest BCUT2D eigenvalue weighted by Crippen LogP contribution is -2.57. The zero-order chi connectivity index (χ0) is 31.1. The molecule has 4 N–H and O–H groups in total. The number of fused-ring (bicyclic) bond motifs is 1. The topological polar surface area (TPSA) is 164 Å². The number of alkyl carbamates (subject to hydrolysis) is 1. The lowest BCUT2D eigenvalue weighted by Gasteiger charge is -2.28. The molecule has 0 aromatic rings. The predicted molar refractivity (Wildman–Crippen MR) is 162 cm³/mol. The van der Waals surface area contributed by atoms with Crippen molar-refractivity contribution in [2.75, 3.05) is 19.8 Å². The second kappa shape index (κ2) is 15.0. The maximum Gasteiger partial charge on any atom is 0.408 e. The van der Waals surface area contributed by atoms with Gasteiger partial charge in [0.25, 0.3) is 0 Å². The fraction of sp³-hybridized carbons (Fsp3) is 0.667. The molecule has 0 aromatic carbocycles. The van der Waals surface area contributed by atoms with Crippen molar-refractivity contribution in [1.82, 2.24) is 21.3 Å². The normalized spacial score (nSPS) is 26.4. The second-order valence-electron chi connectivity index (χ2n) is 12.2. The Kier molecular flexibility index (Phi) is 11.4. The first-order valence-electron chi connectivity index (χ1n) is 15.1. The summed E-state index contributed by atoms with van der Waals surface area (Å²) in [5.41, 5.74) is 0. The second-order valence-corrected chi connectivity index (χ2v) is 13.3. The standard InChI is InChI=1S/C30H43N5O7S/c1-16(2)13-22(33-28(39)24(17(3)4)35-30(40)42-19-10-12-41-15-19)27(38)32-21(14-18-9-11-31-26(18)37)25(36)29-34-20-7-5-6-8-23(20)43-29/h5-8,16-24H,9-15H2,1-4H3,(H,31,37)(H,32,38)(H,33,39)(H,35,40)/t18?,19?,20?,21-,22-,23?,24-/m0/s1. The first kappa shape index (κ1) is 32.7. The molecule has 0 saturated carbocycles. The molecule has 3 aliphatic heterocycles. The van der Waals surface area contributed by atoms with Gasteiger partial charge in [0.15, 0.2) is 0 Å². The highest BCUT2D eigenvalue weighted by Gasteiger charge is 2.39. The molecule has 7 atom stereocenters. The number of Topliss-reactive ketones (excluding diaryl/α,β-unsaturated/α-hetero) is 1. The molecule has 0 spiro atoms. The number of thioether (sulfide) groups is 1. The number of ether oxygens (including phenoxy) is 2. The van der Waals surface area contributed by atoms with E-state index in [2.05, 4.69) is 26.3 Å². The molecule has 2 saturated heterocycles. The van der Waals surface area contributed by atoms with Crippen molar-refractivity contribution in [2.45, 2.75) is 88.9 Å². The minimum atomic E-state index is -0.991. The highest BCUT2D eigenvalue weighted by Crippen LogP contribution is 2.32. The van der Waals surface area contributed by atoms with Gasteiger partial charge in [0.2, 0.25) is 23.5 Å². The average Bonchev–Trinajstić information content (AvgIpc) is 3.71. The fourth-order valence-electron chi connectivity index (χ4n) is 5.44. The SMILES string of the molecule is CC(C)C[C@H](NC(=O)[C@@H](NC(=O)OC1CCOC1)C(C)C)C(=O)N[C@@H](CC1CCNC1=O)C(=O)C1=NC2C=CC=CC2S1. The van der Waals surface area contributed by atoms with Gasteiger partial charge in [0.05, 0.1) is 30.5 Å². The van der Waals surface area contributed by atoms with Gasteiger partial charge >= 0.3 is 6.09 Å². The number of amides is 4. The molecule has 4 amide bonds. The summed E-state index contributed by atoms with van der Waals surface area (Å²) in [5.74, 6) is -2.26. The number of allylic oxidation sites excluding steroid dienone is 2. The lowest BCUT2D eigenvalue weighted by atomic mass is 9.95. The molecule has 12 nitrogen and oxygen atoms in total. The van der Waals surface area contributed by atoms with Crippen LogP contribution in [-0.4, -0.2) is 89.9 Å². The summed E-state index contributed by atoms with van der Waals surface area (Å²) >= 11 is 1.35. The van der Waals surface area contributed by atoms with Crippen LogP contribution in [0.1, 0.15) is 53.4 Å². The minimum absolute atomic E-state index is 0.0106. The van der Waals surface area contributed by atoms with Crippen molar-refractivity contribution in [2.24, 2.45) is 22.7 Å². The van der Waals surface area contributed by atoms with Crippen LogP contribution in [0.5, 0.6) is 0 Å². The number of carbonyl (C=O) groups is 5. The van der Waals surface area contributed by atoms with Crippen molar-refractivity contribution in [3.8, 4) is 0 Å². The van der Waals surface area contributed by atoms with Crippen LogP contribution in [0, 0.1) is 17.8 Å². The van der Waals surface area contributed by atoms with Crippen LogP contribution in [0.25, 0.3) is 0 Å². The Morgan fingerprint density at radius 1 is 1.05 bits per heavy atom. The van der Waals surface area contributed by atoms with E-state index in [4.69, 9.17) is 9.47 Å². The van der Waals surface area contributed by atoms with Crippen LogP contribution >= 0.6 is 11.8 Å². The molecule has 4 aliphatic rings. The van der Waals surface area contributed by atoms with E-state index in [1.54, 1.807) is 13.8 Å². The third-order valence-corrected chi connectivity index (χ3v) is 9.06. The molecule has 13 heteroatoms. The van der Waals surface area contributed by atoms with Gasteiger partial charge in [0, 0.05) is 18.9 Å². The molecular formula is C30H43N5O7S. The quantitative estimate of drug-likeness (QED) is 0.242. The zero-order valence-corrected chi connectivity index (χ0v) is 26.0. The molecule has 2 fully saturated rings. The first-order chi connectivity index (χ1) is 20.5. The van der Waals surface area contributed by atoms with Crippen molar-refractivity contribution in [1.29, 1.82) is 0 Å². The number of hydrogen-bond donors (Lipinski definition) is 4. The molecule has 3 heterocycles. The van der Waals surface area contributed by atoms with Crippen LogP contribution in [0.15, 0.2) is 29.3 Å². The van der Waals surface area contributed by atoms with Crippen LogP contribution in [0.3, 0.4) is 0 Å². The van der Waals surface area contributed by atoms with Gasteiger partial charge in [0.1, 0.15) is 23.2 Å². The Morgan fingerprint density at radius 3 is 2.42 bits per heavy atom. The molecule has 0 bridgehead atoms. The fourth-order valence-corrected chi connectivity index (χ4v) is 6.60. The molecular weight excluding hydrogens is 574 g/mol. The van der Waals surface area contributed by atoms with E-state index >= 15 is 0 Å². The number of rotatable bonds is 13. The molecule has 236 valence electrons. The van der Waals surface area contributed by atoms with Gasteiger partial charge in [-0.15, -0.1) is 0 Å². The Bertz CT molecular complexity index is 1160. The van der Waals surface area contributed by atoms with Gasteiger partial charge in [-0.3, -0.25) is 24.2 Å². The summed E-state index contributed by atoms with van der Waals surface area (Å²) in [6, 6.07) is -3.07. The smallest absolute Gasteiger partial charge is 0.408 e. The maximum atomic E-state index is 13.7. The average molecular weight is 618 g/mol. The summed E-state index contributed by atoms with van der Waals surface area (Å²) in [5, 5.41) is 11.4. The largest absolute Gasteiger partial charge is 0.444 e. The number of nitrogens with zero attached hydrogens (tertiary/aromatic N) is 1. The summed E-state index contributed by atoms with van der Waals surface area (Å²) < 4.78 is 10.6. The van der Waals surface area contributed by atoms with Gasteiger partial charge < -0.3 is 30.7 Å². The van der Waals surface area contributed by atoms with Crippen molar-refractivity contribution in [3.63, 3.8) is 0 Å². The van der Waals surface area contributed by atoms with Gasteiger partial charge in [-0.2, -0.15) is 0 Å². The Labute approximate surface area is 256 Å². The van der Waals surface area contributed by atoms with Crippen LogP contribution < -0.4 is 21.3 Å². The Hall–Kier alpha value is -3.19. The minimum Gasteiger partial charge on any atom is -0.444 e. The first-order valence-corrected chi connectivity index (χ1v) is 16.0. The maximum absolute atomic E-state index is 13.7. The highest BCUT2D eigenvalue weighted by molar-refractivity contribution is 8.16. The van der Waals surface area contributed by atoms with E-state index in [9.17, 15) is 24.0 Å². The van der Waals surface area contributed by atoms with Crippen LogP contribution in [-0.2, 0) is 28.7 Å². The number of carbonyl (C=O) groups excluding carboxylic acids is 5. The molecule has 1 aliphatic carbocycles. The predicted octanol–water partition coefficient (Wildman–Crippen LogP) is 1.65. The number of ketones is 1. The van der Waals surface area contributed by atoms with E-state index in [1.807, 2.05) is 38.2 Å². The monoisotopic (exact) mass is 617 g/mol. The Balaban J connectivity index is 1.46. The third kappa shape index (κ3) is 8.91. The lowest BCUT2D eigenvalue weighted by molar-refractivity contribution is -0.132. The van der Waals surface area contributed by atoms with E-state index in [0.717, 1.165) is 0 Å². The number of aliphatic imine (C=N–C) groups is 1. The molecule has 4 unspecified atom stereocenters. The summed E-state index contributed by atoms with van der Waals surface area (Å²) in [7, 11) is 0. The summed E-state index contributed by atoms with van der Waals surface area (Å²) in [6.07, 6.45) is 8.21. The van der Waals surface area contributed by atoms with E-state index in [1.165, 1.54) is 11.8 Å². The van der Waals surface area contributed by atoms with Gasteiger partial charge in [-0.1, -0.05) is 63.8 Å². The van der Waals surface area contributed by atoms with Crippen LogP contribution in [0.4, 0.5) is 4.79 Å². The Morgan fingerprint density at radius 2 is 1.79 bits per heavy atom. The summed E-state index contributed by atoms with van der Waals surface area (Å²) in [4.78, 5) is 70.4. The number of nitrogens with one attached hydrogen (secondary N) is 4. The van der Waals surface area contributed by atoms with Crippen molar-refractivity contribution in [3.05, 3.63) is 24.3 Å². The zero-order valence-electron chi connectivity index (χ0n) is 25.2. The van der Waals surface area contributed by atoms with Crippen LogP contribution in [0.2, 0.25) is 0 Å². The van der Waals surface area contributed by atoms with E-state index in [0.29, 0.717) is 44.1 Å². The van der Waals surface area contributed by atoms with Gasteiger partial charge in [-0.25, -0.2) is 4.79 Å².